The van der Waals surface area contributed by atoms with Crippen molar-refractivity contribution in [2.24, 2.45) is 5.41 Å². The molecule has 5 heteroatoms. The second-order valence-electron chi connectivity index (χ2n) is 5.13. The third-order valence-electron chi connectivity index (χ3n) is 4.06. The molecule has 0 fully saturated rings. The van der Waals surface area contributed by atoms with Crippen LogP contribution >= 0.6 is 11.6 Å². The van der Waals surface area contributed by atoms with Crippen molar-refractivity contribution < 1.29 is 9.90 Å². The third-order valence-corrected chi connectivity index (χ3v) is 4.27. The van der Waals surface area contributed by atoms with Gasteiger partial charge in [0.15, 0.2) is 0 Å². The Morgan fingerprint density at radius 1 is 1.40 bits per heavy atom. The fourth-order valence-corrected chi connectivity index (χ4v) is 2.50. The average molecular weight is 299 g/mol. The molecule has 1 aromatic heterocycles. The highest BCUT2D eigenvalue weighted by Gasteiger charge is 2.26. The second-order valence-corrected chi connectivity index (χ2v) is 5.52. The van der Waals surface area contributed by atoms with Gasteiger partial charge in [0, 0.05) is 13.2 Å². The summed E-state index contributed by atoms with van der Waals surface area (Å²) in [6, 6.07) is 3.30. The van der Waals surface area contributed by atoms with Gasteiger partial charge in [-0.1, -0.05) is 25.4 Å². The molecule has 1 aromatic rings. The maximum atomic E-state index is 12.2. The minimum Gasteiger partial charge on any atom is -0.396 e. The number of nitrogens with one attached hydrogen (secondary N) is 1. The summed E-state index contributed by atoms with van der Waals surface area (Å²) in [4.78, 5) is 16.3. The molecule has 0 radical (unpaired) electrons. The van der Waals surface area contributed by atoms with E-state index in [9.17, 15) is 9.90 Å². The number of amides is 1. The van der Waals surface area contributed by atoms with Crippen LogP contribution in [0, 0.1) is 12.3 Å². The van der Waals surface area contributed by atoms with Gasteiger partial charge in [-0.15, -0.1) is 0 Å². The smallest absolute Gasteiger partial charge is 0.253 e. The van der Waals surface area contributed by atoms with Gasteiger partial charge in [-0.25, -0.2) is 4.98 Å². The van der Waals surface area contributed by atoms with Gasteiger partial charge in [-0.3, -0.25) is 4.79 Å². The van der Waals surface area contributed by atoms with Crippen LogP contribution < -0.4 is 5.32 Å². The molecule has 0 aliphatic heterocycles. The quantitative estimate of drug-likeness (QED) is 0.761. The van der Waals surface area contributed by atoms with Crippen LogP contribution in [-0.4, -0.2) is 29.1 Å². The normalized spacial score (nSPS) is 11.4. The summed E-state index contributed by atoms with van der Waals surface area (Å²) in [7, 11) is 0. The molecule has 0 bridgehead atoms. The first kappa shape index (κ1) is 16.9. The van der Waals surface area contributed by atoms with Crippen molar-refractivity contribution in [3.8, 4) is 0 Å². The van der Waals surface area contributed by atoms with E-state index in [2.05, 4.69) is 24.1 Å². The standard InChI is InChI=1S/C15H23ClN2O2/c1-4-15(5-2,8-9-19)10-17-14(20)12-6-7-13(16)18-11(12)3/h6-7,19H,4-5,8-10H2,1-3H3,(H,17,20). The largest absolute Gasteiger partial charge is 0.396 e. The summed E-state index contributed by atoms with van der Waals surface area (Å²) in [6.45, 7) is 6.63. The van der Waals surface area contributed by atoms with Crippen LogP contribution in [-0.2, 0) is 0 Å². The molecule has 0 aliphatic carbocycles. The number of hydrogen-bond donors (Lipinski definition) is 2. The van der Waals surface area contributed by atoms with E-state index < -0.39 is 0 Å². The highest BCUT2D eigenvalue weighted by Crippen LogP contribution is 2.29. The van der Waals surface area contributed by atoms with Crippen LogP contribution in [0.15, 0.2) is 12.1 Å². The number of carbonyl (C=O) groups excluding carboxylic acids is 1. The van der Waals surface area contributed by atoms with Crippen molar-refractivity contribution in [1.82, 2.24) is 10.3 Å². The SMILES string of the molecule is CCC(CC)(CCO)CNC(=O)c1ccc(Cl)nc1C. The van der Waals surface area contributed by atoms with Crippen LogP contribution in [0.1, 0.15) is 49.2 Å². The number of aromatic nitrogens is 1. The van der Waals surface area contributed by atoms with Crippen LogP contribution in [0.2, 0.25) is 5.15 Å². The van der Waals surface area contributed by atoms with Crippen molar-refractivity contribution in [3.05, 3.63) is 28.5 Å². The van der Waals surface area contributed by atoms with Gasteiger partial charge in [-0.05, 0) is 43.7 Å². The number of aryl methyl sites for hydroxylation is 1. The lowest BCUT2D eigenvalue weighted by Crippen LogP contribution is -2.38. The Bertz CT molecular complexity index is 459. The van der Waals surface area contributed by atoms with E-state index in [-0.39, 0.29) is 17.9 Å². The molecule has 4 nitrogen and oxygen atoms in total. The zero-order valence-corrected chi connectivity index (χ0v) is 13.1. The molecule has 20 heavy (non-hydrogen) atoms. The van der Waals surface area contributed by atoms with Crippen LogP contribution in [0.3, 0.4) is 0 Å². The molecular formula is C15H23ClN2O2. The van der Waals surface area contributed by atoms with Crippen molar-refractivity contribution in [3.63, 3.8) is 0 Å². The number of carbonyl (C=O) groups is 1. The molecular weight excluding hydrogens is 276 g/mol. The summed E-state index contributed by atoms with van der Waals surface area (Å²) in [5, 5.41) is 12.5. The van der Waals surface area contributed by atoms with Gasteiger partial charge in [0.25, 0.3) is 5.91 Å². The lowest BCUT2D eigenvalue weighted by molar-refractivity contribution is 0.0906. The van der Waals surface area contributed by atoms with E-state index in [0.717, 1.165) is 12.8 Å². The summed E-state index contributed by atoms with van der Waals surface area (Å²) >= 11 is 5.79. The third kappa shape index (κ3) is 4.18. The monoisotopic (exact) mass is 298 g/mol. The summed E-state index contributed by atoms with van der Waals surface area (Å²) in [6.07, 6.45) is 2.53. The predicted octanol–water partition coefficient (Wildman–Crippen LogP) is 2.96. The van der Waals surface area contributed by atoms with Crippen LogP contribution in [0.4, 0.5) is 0 Å². The van der Waals surface area contributed by atoms with Crippen molar-refractivity contribution in [1.29, 1.82) is 0 Å². The van der Waals surface area contributed by atoms with Gasteiger partial charge in [-0.2, -0.15) is 0 Å². The van der Waals surface area contributed by atoms with Crippen molar-refractivity contribution >= 4 is 17.5 Å². The number of rotatable bonds is 7. The van der Waals surface area contributed by atoms with Crippen LogP contribution in [0.5, 0.6) is 0 Å². The fraction of sp³-hybridized carbons (Fsp3) is 0.600. The molecule has 0 spiro atoms. The van der Waals surface area contributed by atoms with E-state index in [1.165, 1.54) is 0 Å². The van der Waals surface area contributed by atoms with E-state index in [1.54, 1.807) is 19.1 Å². The molecule has 0 aromatic carbocycles. The number of hydrogen-bond acceptors (Lipinski definition) is 3. The Morgan fingerprint density at radius 3 is 2.55 bits per heavy atom. The second kappa shape index (κ2) is 7.60. The molecule has 0 saturated carbocycles. The zero-order valence-electron chi connectivity index (χ0n) is 12.4. The Kier molecular flexibility index (Phi) is 6.43. The average Bonchev–Trinajstić information content (AvgIpc) is 2.43. The zero-order chi connectivity index (χ0) is 15.2. The topological polar surface area (TPSA) is 62.2 Å². The first-order chi connectivity index (χ1) is 9.48. The van der Waals surface area contributed by atoms with E-state index in [1.807, 2.05) is 0 Å². The highest BCUT2D eigenvalue weighted by atomic mass is 35.5. The molecule has 0 aliphatic rings. The van der Waals surface area contributed by atoms with E-state index in [0.29, 0.717) is 29.4 Å². The Morgan fingerprint density at radius 2 is 2.05 bits per heavy atom. The van der Waals surface area contributed by atoms with Gasteiger partial charge < -0.3 is 10.4 Å². The first-order valence-electron chi connectivity index (χ1n) is 7.00. The summed E-state index contributed by atoms with van der Waals surface area (Å²) in [5.41, 5.74) is 1.12. The molecule has 0 atom stereocenters. The van der Waals surface area contributed by atoms with Gasteiger partial charge in [0.05, 0.1) is 11.3 Å². The fourth-order valence-electron chi connectivity index (χ4n) is 2.31. The number of nitrogens with zero attached hydrogens (tertiary/aromatic N) is 1. The van der Waals surface area contributed by atoms with E-state index >= 15 is 0 Å². The van der Waals surface area contributed by atoms with Crippen LogP contribution in [0.25, 0.3) is 0 Å². The highest BCUT2D eigenvalue weighted by molar-refractivity contribution is 6.29. The van der Waals surface area contributed by atoms with E-state index in [4.69, 9.17) is 11.6 Å². The minimum absolute atomic E-state index is 0.0435. The van der Waals surface area contributed by atoms with Gasteiger partial charge >= 0.3 is 0 Å². The molecule has 2 N–H and O–H groups in total. The maximum Gasteiger partial charge on any atom is 0.253 e. The number of aliphatic hydroxyl groups excluding tert-OH is 1. The number of pyridine rings is 1. The van der Waals surface area contributed by atoms with Gasteiger partial charge in [0.1, 0.15) is 5.15 Å². The lowest BCUT2D eigenvalue weighted by atomic mass is 9.79. The Hall–Kier alpha value is -1.13. The summed E-state index contributed by atoms with van der Waals surface area (Å²) in [5.74, 6) is -0.143. The van der Waals surface area contributed by atoms with Crippen molar-refractivity contribution in [2.45, 2.75) is 40.0 Å². The first-order valence-corrected chi connectivity index (χ1v) is 7.38. The molecule has 1 amide bonds. The Balaban J connectivity index is 2.75. The number of halogens is 1. The summed E-state index contributed by atoms with van der Waals surface area (Å²) < 4.78 is 0. The lowest BCUT2D eigenvalue weighted by Gasteiger charge is -2.31. The molecule has 0 saturated heterocycles. The number of aliphatic hydroxyl groups is 1. The Labute approximate surface area is 125 Å². The maximum absolute atomic E-state index is 12.2. The predicted molar refractivity (Wildman–Crippen MR) is 81.0 cm³/mol. The van der Waals surface area contributed by atoms with Crippen molar-refractivity contribution in [2.75, 3.05) is 13.2 Å². The molecule has 1 rings (SSSR count). The molecule has 112 valence electrons. The minimum atomic E-state index is -0.143. The molecule has 0 unspecified atom stereocenters. The molecule has 1 heterocycles. The van der Waals surface area contributed by atoms with Gasteiger partial charge in [0.2, 0.25) is 0 Å².